The van der Waals surface area contributed by atoms with Gasteiger partial charge in [0.2, 0.25) is 5.72 Å². The average molecular weight is 456 g/mol. The summed E-state index contributed by atoms with van der Waals surface area (Å²) < 4.78 is 7.14. The molecule has 6 rings (SSSR count). The first-order valence-electron chi connectivity index (χ1n) is 12.6. The van der Waals surface area contributed by atoms with Crippen LogP contribution in [0.3, 0.4) is 0 Å². The molecule has 1 atom stereocenters. The van der Waals surface area contributed by atoms with Gasteiger partial charge in [-0.15, -0.1) is 0 Å². The molecule has 0 amide bonds. The number of fused-ring (bicyclic) bond motifs is 4. The molecule has 0 bridgehead atoms. The van der Waals surface area contributed by atoms with Crippen molar-refractivity contribution >= 4 is 23.1 Å². The molecule has 4 nitrogen and oxygen atoms in total. The fourth-order valence-corrected chi connectivity index (χ4v) is 6.13. The standard InChI is InChI=1S/C28H28N2O2.C2H6/c1-31-29-22-14-15-26-21(20-22)16-19-28(32-26)27(17-8-3-9-18-27)24-12-6-7-13-25(24)30(28)23-10-4-2-5-11-23;1-2/h2,4-7,10-16,19-20,29H,3,8-9,17-18H2,1H3;1-2H3/p+1. The van der Waals surface area contributed by atoms with Gasteiger partial charge in [-0.25, -0.2) is 4.84 Å². The van der Waals surface area contributed by atoms with Crippen LogP contribution >= 0.6 is 0 Å². The SMILES string of the molecule is CC.CO[NH2+]c1ccc2c(c1)C=CC1(O2)N(c2ccccc2)c2ccccc2C12CCCCC2. The van der Waals surface area contributed by atoms with Crippen LogP contribution in [-0.4, -0.2) is 12.8 Å². The molecule has 3 aliphatic rings. The molecule has 3 aromatic carbocycles. The number of rotatable bonds is 3. The van der Waals surface area contributed by atoms with E-state index in [1.54, 1.807) is 12.6 Å². The van der Waals surface area contributed by atoms with Gasteiger partial charge in [0.1, 0.15) is 5.75 Å². The van der Waals surface area contributed by atoms with Crippen molar-refractivity contribution in [3.8, 4) is 5.75 Å². The number of ether oxygens (including phenoxy) is 1. The van der Waals surface area contributed by atoms with E-state index >= 15 is 0 Å². The second-order valence-electron chi connectivity index (χ2n) is 9.11. The second-order valence-corrected chi connectivity index (χ2v) is 9.11. The van der Waals surface area contributed by atoms with Crippen LogP contribution in [0, 0.1) is 0 Å². The Balaban J connectivity index is 0.00000117. The summed E-state index contributed by atoms with van der Waals surface area (Å²) in [5.41, 5.74) is 7.08. The predicted molar refractivity (Wildman–Crippen MR) is 139 cm³/mol. The number of hydrogen-bond donors (Lipinski definition) is 1. The van der Waals surface area contributed by atoms with Crippen LogP contribution < -0.4 is 15.1 Å². The van der Waals surface area contributed by atoms with E-state index in [1.165, 1.54) is 36.2 Å². The van der Waals surface area contributed by atoms with E-state index < -0.39 is 5.72 Å². The van der Waals surface area contributed by atoms with Crippen molar-refractivity contribution in [2.24, 2.45) is 0 Å². The molecule has 176 valence electrons. The lowest BCUT2D eigenvalue weighted by Crippen LogP contribution is -2.75. The van der Waals surface area contributed by atoms with E-state index in [1.807, 2.05) is 13.8 Å². The Labute approximate surface area is 203 Å². The van der Waals surface area contributed by atoms with Crippen molar-refractivity contribution in [1.82, 2.24) is 0 Å². The Kier molecular flexibility index (Phi) is 6.20. The molecule has 0 radical (unpaired) electrons. The lowest BCUT2D eigenvalue weighted by molar-refractivity contribution is -0.830. The highest BCUT2D eigenvalue weighted by Gasteiger charge is 2.63. The van der Waals surface area contributed by atoms with Crippen molar-refractivity contribution in [1.29, 1.82) is 0 Å². The van der Waals surface area contributed by atoms with Gasteiger partial charge in [0.05, 0.1) is 12.5 Å². The van der Waals surface area contributed by atoms with Crippen LogP contribution in [0.5, 0.6) is 5.75 Å². The lowest BCUT2D eigenvalue weighted by atomic mass is 9.64. The first-order valence-corrected chi connectivity index (χ1v) is 12.6. The minimum atomic E-state index is -0.585. The van der Waals surface area contributed by atoms with Gasteiger partial charge in [0, 0.05) is 29.1 Å². The molecule has 0 aromatic heterocycles. The van der Waals surface area contributed by atoms with Gasteiger partial charge in [-0.1, -0.05) is 69.5 Å². The van der Waals surface area contributed by atoms with Crippen molar-refractivity contribution in [2.45, 2.75) is 57.1 Å². The van der Waals surface area contributed by atoms with Crippen LogP contribution in [0.25, 0.3) is 6.08 Å². The number of para-hydroxylation sites is 2. The monoisotopic (exact) mass is 455 g/mol. The Morgan fingerprint density at radius 2 is 1.62 bits per heavy atom. The smallest absolute Gasteiger partial charge is 0.216 e. The minimum Gasteiger partial charge on any atom is -0.462 e. The number of hydrogen-bond acceptors (Lipinski definition) is 3. The summed E-state index contributed by atoms with van der Waals surface area (Å²) in [4.78, 5) is 7.67. The number of benzene rings is 3. The van der Waals surface area contributed by atoms with Gasteiger partial charge >= 0.3 is 0 Å². The average Bonchev–Trinajstić information content (AvgIpc) is 3.11. The fraction of sp³-hybridized carbons (Fsp3) is 0.333. The minimum absolute atomic E-state index is 0.0802. The molecule has 34 heavy (non-hydrogen) atoms. The molecule has 0 saturated heterocycles. The quantitative estimate of drug-likeness (QED) is 0.356. The summed E-state index contributed by atoms with van der Waals surface area (Å²) >= 11 is 0. The maximum absolute atomic E-state index is 7.14. The van der Waals surface area contributed by atoms with Crippen molar-refractivity contribution in [3.63, 3.8) is 0 Å². The highest BCUT2D eigenvalue weighted by molar-refractivity contribution is 5.80. The third-order valence-electron chi connectivity index (χ3n) is 7.44. The molecule has 1 aliphatic carbocycles. The zero-order valence-corrected chi connectivity index (χ0v) is 20.5. The Hall–Kier alpha value is -3.08. The van der Waals surface area contributed by atoms with E-state index in [2.05, 4.69) is 89.8 Å². The highest BCUT2D eigenvalue weighted by Crippen LogP contribution is 2.62. The summed E-state index contributed by atoms with van der Waals surface area (Å²) in [6.07, 6.45) is 10.6. The number of quaternary nitrogens is 1. The predicted octanol–water partition coefficient (Wildman–Crippen LogP) is 6.62. The molecule has 2 aliphatic heterocycles. The molecule has 2 heterocycles. The third kappa shape index (κ3) is 3.36. The van der Waals surface area contributed by atoms with Gasteiger partial charge in [0.25, 0.3) is 0 Å². The third-order valence-corrected chi connectivity index (χ3v) is 7.44. The van der Waals surface area contributed by atoms with Gasteiger partial charge in [0.15, 0.2) is 5.69 Å². The van der Waals surface area contributed by atoms with Crippen LogP contribution in [0.2, 0.25) is 0 Å². The first-order chi connectivity index (χ1) is 16.8. The summed E-state index contributed by atoms with van der Waals surface area (Å²) in [7, 11) is 1.68. The molecule has 1 unspecified atom stereocenters. The molecule has 1 fully saturated rings. The molecule has 2 N–H and O–H groups in total. The van der Waals surface area contributed by atoms with Crippen molar-refractivity contribution in [3.05, 3.63) is 90.0 Å². The zero-order valence-electron chi connectivity index (χ0n) is 20.5. The molecular weight excluding hydrogens is 420 g/mol. The number of nitrogens with zero attached hydrogens (tertiary/aromatic N) is 1. The summed E-state index contributed by atoms with van der Waals surface area (Å²) in [6.45, 7) is 4.00. The van der Waals surface area contributed by atoms with Crippen LogP contribution in [0.1, 0.15) is 57.1 Å². The van der Waals surface area contributed by atoms with Crippen molar-refractivity contribution in [2.75, 3.05) is 12.0 Å². The van der Waals surface area contributed by atoms with E-state index in [4.69, 9.17) is 9.57 Å². The number of nitrogens with two attached hydrogens (primary N) is 1. The second kappa shape index (κ2) is 9.28. The summed E-state index contributed by atoms with van der Waals surface area (Å²) in [6, 6.07) is 25.9. The van der Waals surface area contributed by atoms with Crippen LogP contribution in [-0.2, 0) is 10.3 Å². The molecule has 4 heteroatoms. The normalized spacial score (nSPS) is 21.4. The Morgan fingerprint density at radius 3 is 2.38 bits per heavy atom. The molecule has 1 saturated carbocycles. The van der Waals surface area contributed by atoms with Gasteiger partial charge in [-0.2, -0.15) is 5.48 Å². The Bertz CT molecular complexity index is 1170. The van der Waals surface area contributed by atoms with Gasteiger partial charge < -0.3 is 4.74 Å². The first kappa shape index (κ1) is 22.7. The maximum atomic E-state index is 7.14. The van der Waals surface area contributed by atoms with E-state index in [9.17, 15) is 0 Å². The molecular formula is C30H35N2O2+. The lowest BCUT2D eigenvalue weighted by Gasteiger charge is -2.51. The van der Waals surface area contributed by atoms with E-state index in [-0.39, 0.29) is 5.41 Å². The van der Waals surface area contributed by atoms with E-state index in [0.717, 1.165) is 29.8 Å². The maximum Gasteiger partial charge on any atom is 0.216 e. The van der Waals surface area contributed by atoms with Gasteiger partial charge in [-0.05, 0) is 54.8 Å². The number of anilines is 2. The van der Waals surface area contributed by atoms with Crippen LogP contribution in [0.15, 0.2) is 78.9 Å². The highest BCUT2D eigenvalue weighted by atomic mass is 16.6. The fourth-order valence-electron chi connectivity index (χ4n) is 6.13. The van der Waals surface area contributed by atoms with E-state index in [0.29, 0.717) is 0 Å². The van der Waals surface area contributed by atoms with Crippen LogP contribution in [0.4, 0.5) is 17.1 Å². The summed E-state index contributed by atoms with van der Waals surface area (Å²) in [5.74, 6) is 0.930. The Morgan fingerprint density at radius 1 is 0.882 bits per heavy atom. The van der Waals surface area contributed by atoms with Crippen molar-refractivity contribution < 1.29 is 15.1 Å². The largest absolute Gasteiger partial charge is 0.462 e. The molecule has 3 aromatic rings. The summed E-state index contributed by atoms with van der Waals surface area (Å²) in [5, 5.41) is 0. The van der Waals surface area contributed by atoms with Gasteiger partial charge in [-0.3, -0.25) is 4.90 Å². The molecule has 2 spiro atoms. The zero-order chi connectivity index (χ0) is 23.6. The topological polar surface area (TPSA) is 38.3 Å².